The number of carbonyl (C=O) groups excluding carboxylic acids is 1. The second kappa shape index (κ2) is 11.7. The van der Waals surface area contributed by atoms with Gasteiger partial charge in [0.05, 0.1) is 16.8 Å². The van der Waals surface area contributed by atoms with Crippen molar-refractivity contribution in [1.29, 1.82) is 0 Å². The third kappa shape index (κ3) is 6.19. The van der Waals surface area contributed by atoms with E-state index in [1.54, 1.807) is 41.4 Å². The number of fused-ring (bicyclic) bond motifs is 1. The second-order valence-corrected chi connectivity index (χ2v) is 13.9. The molecule has 0 aliphatic carbocycles. The number of amides is 1. The number of ether oxygens (including phenoxy) is 1. The Morgan fingerprint density at radius 3 is 2.39 bits per heavy atom. The Labute approximate surface area is 256 Å². The molecule has 12 heteroatoms. The lowest BCUT2D eigenvalue weighted by molar-refractivity contribution is 0.0240. The summed E-state index contributed by atoms with van der Waals surface area (Å²) in [6, 6.07) is 15.9. The molecule has 1 saturated heterocycles. The molecule has 2 aliphatic rings. The number of rotatable bonds is 6. The van der Waals surface area contributed by atoms with Gasteiger partial charge in [-0.15, -0.1) is 0 Å². The van der Waals surface area contributed by atoms with Crippen LogP contribution in [0.1, 0.15) is 49.3 Å². The van der Waals surface area contributed by atoms with Gasteiger partial charge in [-0.05, 0) is 79.9 Å². The number of hydrogen-bond donors (Lipinski definition) is 1. The fraction of sp³-hybridized carbons (Fsp3) is 0.344. The van der Waals surface area contributed by atoms with E-state index in [1.165, 1.54) is 16.8 Å². The number of hydrogen-bond acceptors (Lipinski definition) is 9. The Balaban J connectivity index is 1.12. The topological polar surface area (TPSA) is 129 Å². The summed E-state index contributed by atoms with van der Waals surface area (Å²) in [5.74, 6) is 0.422. The first kappa shape index (κ1) is 29.8. The van der Waals surface area contributed by atoms with Crippen molar-refractivity contribution >= 4 is 21.8 Å². The second-order valence-electron chi connectivity index (χ2n) is 12.0. The molecule has 44 heavy (non-hydrogen) atoms. The fourth-order valence-corrected chi connectivity index (χ4v) is 6.81. The van der Waals surface area contributed by atoms with Crippen molar-refractivity contribution in [3.8, 4) is 11.5 Å². The summed E-state index contributed by atoms with van der Waals surface area (Å²) in [5.41, 5.74) is 3.83. The average Bonchev–Trinajstić information content (AvgIpc) is 3.71. The van der Waals surface area contributed by atoms with Gasteiger partial charge in [-0.1, -0.05) is 12.1 Å². The van der Waals surface area contributed by atoms with Gasteiger partial charge in [0.2, 0.25) is 15.9 Å². The zero-order chi connectivity index (χ0) is 31.1. The highest BCUT2D eigenvalue weighted by atomic mass is 32.2. The molecule has 230 valence electrons. The number of pyridine rings is 1. The molecule has 4 aromatic rings. The zero-order valence-corrected chi connectivity index (χ0v) is 25.7. The van der Waals surface area contributed by atoms with Crippen LogP contribution in [0.2, 0.25) is 0 Å². The molecule has 1 amide bonds. The molecule has 6 rings (SSSR count). The Bertz CT molecular complexity index is 1740. The number of aliphatic hydroxyl groups excluding tert-OH is 1. The number of piperazine rings is 1. The number of carbonyl (C=O) groups is 1. The normalized spacial score (nSPS) is 16.5. The number of anilines is 1. The van der Waals surface area contributed by atoms with Crippen LogP contribution in [-0.4, -0.2) is 70.6 Å². The molecule has 11 nitrogen and oxygen atoms in total. The monoisotopic (exact) mass is 617 g/mol. The van der Waals surface area contributed by atoms with Crippen molar-refractivity contribution < 1.29 is 27.5 Å². The minimum absolute atomic E-state index is 0.178. The van der Waals surface area contributed by atoms with Crippen LogP contribution in [0.4, 0.5) is 10.5 Å². The van der Waals surface area contributed by atoms with Crippen LogP contribution in [0, 0.1) is 0 Å². The molecule has 1 atom stereocenters. The van der Waals surface area contributed by atoms with Crippen LogP contribution in [0.15, 0.2) is 82.6 Å². The van der Waals surface area contributed by atoms with E-state index < -0.39 is 21.7 Å². The molecule has 0 spiro atoms. The molecule has 2 aromatic carbocycles. The van der Waals surface area contributed by atoms with Crippen molar-refractivity contribution in [3.05, 3.63) is 95.6 Å². The van der Waals surface area contributed by atoms with Crippen LogP contribution < -0.4 is 4.90 Å². The minimum Gasteiger partial charge on any atom is -0.445 e. The summed E-state index contributed by atoms with van der Waals surface area (Å²) in [4.78, 5) is 25.1. The molecule has 0 saturated carbocycles. The van der Waals surface area contributed by atoms with Crippen molar-refractivity contribution in [1.82, 2.24) is 19.2 Å². The van der Waals surface area contributed by atoms with Crippen molar-refractivity contribution in [2.75, 3.05) is 31.1 Å². The highest BCUT2D eigenvalue weighted by molar-refractivity contribution is 7.89. The Morgan fingerprint density at radius 2 is 1.70 bits per heavy atom. The summed E-state index contributed by atoms with van der Waals surface area (Å²) in [7, 11) is -3.76. The molecular weight excluding hydrogens is 582 g/mol. The Morgan fingerprint density at radius 1 is 0.977 bits per heavy atom. The molecule has 1 fully saturated rings. The predicted octanol–water partition coefficient (Wildman–Crippen LogP) is 4.58. The van der Waals surface area contributed by atoms with E-state index in [2.05, 4.69) is 14.9 Å². The Hall–Kier alpha value is -4.26. The third-order valence-electron chi connectivity index (χ3n) is 7.73. The maximum Gasteiger partial charge on any atom is 0.410 e. The Kier molecular flexibility index (Phi) is 7.91. The summed E-state index contributed by atoms with van der Waals surface area (Å²) in [5, 5.41) is 11.3. The van der Waals surface area contributed by atoms with Crippen molar-refractivity contribution in [2.45, 2.75) is 50.5 Å². The van der Waals surface area contributed by atoms with Gasteiger partial charge in [-0.3, -0.25) is 4.98 Å². The summed E-state index contributed by atoms with van der Waals surface area (Å²) >= 11 is 0. The quantitative estimate of drug-likeness (QED) is 0.331. The fourth-order valence-electron chi connectivity index (χ4n) is 5.41. The smallest absolute Gasteiger partial charge is 0.410 e. The van der Waals surface area contributed by atoms with Crippen LogP contribution in [0.25, 0.3) is 11.5 Å². The van der Waals surface area contributed by atoms with E-state index in [-0.39, 0.29) is 24.1 Å². The van der Waals surface area contributed by atoms with Gasteiger partial charge in [-0.2, -0.15) is 4.31 Å². The van der Waals surface area contributed by atoms with Gasteiger partial charge in [0.15, 0.2) is 0 Å². The molecule has 2 aliphatic heterocycles. The first-order valence-electron chi connectivity index (χ1n) is 14.5. The summed E-state index contributed by atoms with van der Waals surface area (Å²) in [6.07, 6.45) is 3.35. The molecule has 4 heterocycles. The molecule has 0 radical (unpaired) electrons. The van der Waals surface area contributed by atoms with E-state index in [0.29, 0.717) is 48.9 Å². The molecule has 1 N–H and O–H groups in total. The average molecular weight is 618 g/mol. The van der Waals surface area contributed by atoms with Crippen molar-refractivity contribution in [3.63, 3.8) is 0 Å². The van der Waals surface area contributed by atoms with Crippen LogP contribution in [0.5, 0.6) is 0 Å². The van der Waals surface area contributed by atoms with Gasteiger partial charge in [0.1, 0.15) is 18.0 Å². The van der Waals surface area contributed by atoms with Gasteiger partial charge in [0, 0.05) is 56.7 Å². The number of nitrogens with zero attached hydrogens (tertiary/aromatic N) is 5. The van der Waals surface area contributed by atoms with Gasteiger partial charge in [-0.25, -0.2) is 18.2 Å². The predicted molar refractivity (Wildman–Crippen MR) is 163 cm³/mol. The lowest BCUT2D eigenvalue weighted by Crippen LogP contribution is -2.50. The van der Waals surface area contributed by atoms with E-state index in [9.17, 15) is 18.3 Å². The van der Waals surface area contributed by atoms with Crippen LogP contribution >= 0.6 is 0 Å². The number of aliphatic hydroxyl groups is 1. The maximum absolute atomic E-state index is 13.4. The van der Waals surface area contributed by atoms with E-state index in [0.717, 1.165) is 16.8 Å². The number of sulfonamides is 1. The van der Waals surface area contributed by atoms with Crippen LogP contribution in [0.3, 0.4) is 0 Å². The lowest BCUT2D eigenvalue weighted by Gasteiger charge is -2.37. The minimum atomic E-state index is -3.76. The molecule has 0 unspecified atom stereocenters. The van der Waals surface area contributed by atoms with E-state index in [1.807, 2.05) is 45.0 Å². The SMILES string of the molecule is CC(C)(C)OC(=O)N1CCN(c2cccc([C@@H](O)c3cc4c(cn3)CN(S(=O)(=O)c3ccc(-c5ncco5)cc3)C4)c2)CC1. The summed E-state index contributed by atoms with van der Waals surface area (Å²) < 4.78 is 39.1. The van der Waals surface area contributed by atoms with Gasteiger partial charge in [0.25, 0.3) is 0 Å². The number of aromatic nitrogens is 2. The number of oxazole rings is 1. The highest BCUT2D eigenvalue weighted by Gasteiger charge is 2.32. The third-order valence-corrected chi connectivity index (χ3v) is 9.54. The zero-order valence-electron chi connectivity index (χ0n) is 24.9. The van der Waals surface area contributed by atoms with E-state index >= 15 is 0 Å². The standard InChI is InChI=1S/C32H35N5O6S/c1-32(2,3)43-31(39)36-14-12-35(13-15-36)26-6-4-5-23(17-26)29(38)28-18-24-20-37(21-25(24)19-34-28)44(40,41)27-9-7-22(8-10-27)30-33-11-16-42-30/h4-11,16-19,29,38H,12-15,20-21H2,1-3H3/t29-/m1/s1. The first-order chi connectivity index (χ1) is 21.0. The largest absolute Gasteiger partial charge is 0.445 e. The van der Waals surface area contributed by atoms with Crippen molar-refractivity contribution in [2.24, 2.45) is 0 Å². The highest BCUT2D eigenvalue weighted by Crippen LogP contribution is 2.32. The molecule has 2 aromatic heterocycles. The first-order valence-corrected chi connectivity index (χ1v) is 15.9. The summed E-state index contributed by atoms with van der Waals surface area (Å²) in [6.45, 7) is 8.31. The van der Waals surface area contributed by atoms with Gasteiger partial charge >= 0.3 is 6.09 Å². The number of benzene rings is 2. The van der Waals surface area contributed by atoms with Crippen LogP contribution in [-0.2, 0) is 27.8 Å². The van der Waals surface area contributed by atoms with Gasteiger partial charge < -0.3 is 24.1 Å². The lowest BCUT2D eigenvalue weighted by atomic mass is 10.0. The molecular formula is C32H35N5O6S. The van der Waals surface area contributed by atoms with E-state index in [4.69, 9.17) is 9.15 Å². The maximum atomic E-state index is 13.4. The molecule has 0 bridgehead atoms.